The summed E-state index contributed by atoms with van der Waals surface area (Å²) in [6.07, 6.45) is 3.14. The van der Waals surface area contributed by atoms with Crippen molar-refractivity contribution < 1.29 is 22.7 Å². The number of carbonyl (C=O) groups excluding carboxylic acids is 1. The number of benzene rings is 1. The second-order valence-corrected chi connectivity index (χ2v) is 7.83. The molecule has 0 aromatic heterocycles. The van der Waals surface area contributed by atoms with E-state index in [1.807, 2.05) is 6.07 Å². The van der Waals surface area contributed by atoms with Crippen molar-refractivity contribution in [2.75, 3.05) is 25.6 Å². The first-order chi connectivity index (χ1) is 10.5. The van der Waals surface area contributed by atoms with Crippen molar-refractivity contribution in [3.8, 4) is 11.5 Å². The maximum atomic E-state index is 12.0. The summed E-state index contributed by atoms with van der Waals surface area (Å²) in [4.78, 5) is 13.5. The van der Waals surface area contributed by atoms with E-state index in [0.29, 0.717) is 11.5 Å². The van der Waals surface area contributed by atoms with Crippen LogP contribution in [0.5, 0.6) is 11.5 Å². The molecule has 0 spiro atoms. The van der Waals surface area contributed by atoms with E-state index in [4.69, 9.17) is 9.47 Å². The van der Waals surface area contributed by atoms with E-state index in [9.17, 15) is 13.2 Å². The van der Waals surface area contributed by atoms with Crippen molar-refractivity contribution in [2.45, 2.75) is 12.2 Å². The van der Waals surface area contributed by atoms with Gasteiger partial charge in [0, 0.05) is 24.9 Å². The molecule has 2 aliphatic rings. The number of hydrogen-bond donors (Lipinski definition) is 0. The number of amides is 1. The van der Waals surface area contributed by atoms with Gasteiger partial charge in [0.05, 0.1) is 5.25 Å². The fourth-order valence-corrected chi connectivity index (χ4v) is 3.66. The Labute approximate surface area is 129 Å². The molecule has 0 saturated carbocycles. The monoisotopic (exact) mass is 323 g/mol. The molecule has 118 valence electrons. The standard InChI is InChI=1S/C15H17NO5S/c1-2-22(18,19)12-8-16(9-12)15(17)6-4-11-3-5-13-14(7-11)21-10-20-13/h3-7,12H,2,8-10H2,1H3/b6-4+. The van der Waals surface area contributed by atoms with Crippen LogP contribution in [0.25, 0.3) is 6.08 Å². The predicted octanol–water partition coefficient (Wildman–Crippen LogP) is 1.07. The van der Waals surface area contributed by atoms with Crippen LogP contribution in [0.3, 0.4) is 0 Å². The van der Waals surface area contributed by atoms with Crippen molar-refractivity contribution in [2.24, 2.45) is 0 Å². The van der Waals surface area contributed by atoms with E-state index in [1.165, 1.54) is 11.0 Å². The number of rotatable bonds is 4. The Bertz CT molecular complexity index is 719. The molecule has 1 aromatic carbocycles. The Morgan fingerprint density at radius 2 is 2.05 bits per heavy atom. The van der Waals surface area contributed by atoms with Gasteiger partial charge in [0.1, 0.15) is 0 Å². The third-order valence-electron chi connectivity index (χ3n) is 3.88. The number of likely N-dealkylation sites (tertiary alicyclic amines) is 1. The number of sulfone groups is 1. The van der Waals surface area contributed by atoms with Crippen LogP contribution in [-0.2, 0) is 14.6 Å². The van der Waals surface area contributed by atoms with Gasteiger partial charge in [0.25, 0.3) is 0 Å². The molecule has 1 amide bonds. The van der Waals surface area contributed by atoms with Gasteiger partial charge in [-0.25, -0.2) is 8.42 Å². The molecule has 0 atom stereocenters. The van der Waals surface area contributed by atoms with Crippen molar-refractivity contribution in [1.82, 2.24) is 4.90 Å². The van der Waals surface area contributed by atoms with E-state index in [2.05, 4.69) is 0 Å². The summed E-state index contributed by atoms with van der Waals surface area (Å²) in [7, 11) is -3.05. The summed E-state index contributed by atoms with van der Waals surface area (Å²) >= 11 is 0. The Morgan fingerprint density at radius 3 is 2.77 bits per heavy atom. The van der Waals surface area contributed by atoms with Gasteiger partial charge in [0.2, 0.25) is 12.7 Å². The zero-order valence-electron chi connectivity index (χ0n) is 12.2. The third-order valence-corrected chi connectivity index (χ3v) is 6.00. The lowest BCUT2D eigenvalue weighted by molar-refractivity contribution is -0.128. The molecular formula is C15H17NO5S. The van der Waals surface area contributed by atoms with E-state index >= 15 is 0 Å². The maximum Gasteiger partial charge on any atom is 0.246 e. The normalized spacial score (nSPS) is 17.8. The van der Waals surface area contributed by atoms with Gasteiger partial charge < -0.3 is 14.4 Å². The number of ether oxygens (including phenoxy) is 2. The molecule has 0 unspecified atom stereocenters. The molecule has 1 saturated heterocycles. The van der Waals surface area contributed by atoms with Crippen LogP contribution in [0, 0.1) is 0 Å². The predicted molar refractivity (Wildman–Crippen MR) is 81.4 cm³/mol. The third kappa shape index (κ3) is 2.81. The summed E-state index contributed by atoms with van der Waals surface area (Å²) in [6, 6.07) is 5.42. The summed E-state index contributed by atoms with van der Waals surface area (Å²) in [6.45, 7) is 2.39. The van der Waals surface area contributed by atoms with Crippen LogP contribution in [0.15, 0.2) is 24.3 Å². The largest absolute Gasteiger partial charge is 0.454 e. The average molecular weight is 323 g/mol. The minimum absolute atomic E-state index is 0.118. The minimum Gasteiger partial charge on any atom is -0.454 e. The fraction of sp³-hybridized carbons (Fsp3) is 0.400. The lowest BCUT2D eigenvalue weighted by atomic mass is 10.1. The number of fused-ring (bicyclic) bond motifs is 1. The molecule has 2 aliphatic heterocycles. The molecule has 2 heterocycles. The molecule has 1 aromatic rings. The van der Waals surface area contributed by atoms with Crippen LogP contribution < -0.4 is 9.47 Å². The van der Waals surface area contributed by atoms with E-state index in [-0.39, 0.29) is 31.5 Å². The molecule has 0 N–H and O–H groups in total. The van der Waals surface area contributed by atoms with Crippen LogP contribution in [0.2, 0.25) is 0 Å². The highest BCUT2D eigenvalue weighted by molar-refractivity contribution is 7.92. The fourth-order valence-electron chi connectivity index (χ4n) is 2.37. The molecule has 3 rings (SSSR count). The molecule has 6 nitrogen and oxygen atoms in total. The first-order valence-corrected chi connectivity index (χ1v) is 8.79. The van der Waals surface area contributed by atoms with Gasteiger partial charge in [-0.05, 0) is 23.8 Å². The Balaban J connectivity index is 1.59. The molecule has 0 radical (unpaired) electrons. The van der Waals surface area contributed by atoms with Gasteiger partial charge in [-0.1, -0.05) is 13.0 Å². The van der Waals surface area contributed by atoms with Crippen LogP contribution in [0.1, 0.15) is 12.5 Å². The maximum absolute atomic E-state index is 12.0. The second-order valence-electron chi connectivity index (χ2n) is 5.26. The van der Waals surface area contributed by atoms with Gasteiger partial charge in [-0.2, -0.15) is 0 Å². The highest BCUT2D eigenvalue weighted by Gasteiger charge is 2.37. The van der Waals surface area contributed by atoms with Crippen LogP contribution in [0.4, 0.5) is 0 Å². The molecule has 0 bridgehead atoms. The van der Waals surface area contributed by atoms with Gasteiger partial charge >= 0.3 is 0 Å². The summed E-state index contributed by atoms with van der Waals surface area (Å²) in [5.41, 5.74) is 0.829. The molecule has 22 heavy (non-hydrogen) atoms. The summed E-state index contributed by atoms with van der Waals surface area (Å²) < 4.78 is 33.8. The number of hydrogen-bond acceptors (Lipinski definition) is 5. The molecule has 0 aliphatic carbocycles. The molecular weight excluding hydrogens is 306 g/mol. The first-order valence-electron chi connectivity index (χ1n) is 7.08. The number of nitrogens with zero attached hydrogens (tertiary/aromatic N) is 1. The van der Waals surface area contributed by atoms with Crippen LogP contribution >= 0.6 is 0 Å². The van der Waals surface area contributed by atoms with Crippen molar-refractivity contribution in [1.29, 1.82) is 0 Å². The minimum atomic E-state index is -3.05. The van der Waals surface area contributed by atoms with Gasteiger partial charge in [-0.15, -0.1) is 0 Å². The highest BCUT2D eigenvalue weighted by atomic mass is 32.2. The summed E-state index contributed by atoms with van der Waals surface area (Å²) in [5.74, 6) is 1.29. The quantitative estimate of drug-likeness (QED) is 0.775. The lowest BCUT2D eigenvalue weighted by Crippen LogP contribution is -2.56. The SMILES string of the molecule is CCS(=O)(=O)C1CN(C(=O)/C=C/c2ccc3c(c2)OCO3)C1. The van der Waals surface area contributed by atoms with E-state index in [0.717, 1.165) is 5.56 Å². The lowest BCUT2D eigenvalue weighted by Gasteiger charge is -2.37. The van der Waals surface area contributed by atoms with Crippen molar-refractivity contribution in [3.63, 3.8) is 0 Å². The van der Waals surface area contributed by atoms with Crippen molar-refractivity contribution >= 4 is 21.8 Å². The van der Waals surface area contributed by atoms with Gasteiger partial charge in [0.15, 0.2) is 21.3 Å². The zero-order chi connectivity index (χ0) is 15.7. The molecule has 1 fully saturated rings. The summed E-state index contributed by atoms with van der Waals surface area (Å²) in [5, 5.41) is -0.416. The Morgan fingerprint density at radius 1 is 1.32 bits per heavy atom. The second kappa shape index (κ2) is 5.64. The zero-order valence-corrected chi connectivity index (χ0v) is 13.0. The van der Waals surface area contributed by atoms with Gasteiger partial charge in [-0.3, -0.25) is 4.79 Å². The first kappa shape index (κ1) is 14.9. The number of carbonyl (C=O) groups is 1. The average Bonchev–Trinajstić information content (AvgIpc) is 2.90. The van der Waals surface area contributed by atoms with E-state index in [1.54, 1.807) is 25.1 Å². The Kier molecular flexibility index (Phi) is 3.82. The Hall–Kier alpha value is -2.02. The highest BCUT2D eigenvalue weighted by Crippen LogP contribution is 2.32. The van der Waals surface area contributed by atoms with Crippen molar-refractivity contribution in [3.05, 3.63) is 29.8 Å². The smallest absolute Gasteiger partial charge is 0.246 e. The topological polar surface area (TPSA) is 72.9 Å². The van der Waals surface area contributed by atoms with Crippen LogP contribution in [-0.4, -0.2) is 50.1 Å². The molecule has 7 heteroatoms. The van der Waals surface area contributed by atoms with E-state index < -0.39 is 15.1 Å².